The van der Waals surface area contributed by atoms with Crippen LogP contribution >= 0.6 is 0 Å². The van der Waals surface area contributed by atoms with Gasteiger partial charge in [-0.2, -0.15) is 13.2 Å². The highest BCUT2D eigenvalue weighted by atomic mass is 19.4. The average Bonchev–Trinajstić information content (AvgIpc) is 3.25. The second kappa shape index (κ2) is 9.23. The maximum atomic E-state index is 12.9. The molecule has 0 spiro atoms. The van der Waals surface area contributed by atoms with E-state index in [0.717, 1.165) is 60.8 Å². The van der Waals surface area contributed by atoms with E-state index in [0.29, 0.717) is 11.3 Å². The number of nitrogens with zero attached hydrogens (tertiary/aromatic N) is 4. The van der Waals surface area contributed by atoms with Crippen molar-refractivity contribution < 1.29 is 23.1 Å². The first kappa shape index (κ1) is 23.7. The van der Waals surface area contributed by atoms with Crippen LogP contribution in [0, 0.1) is 0 Å². The van der Waals surface area contributed by atoms with Crippen LogP contribution < -0.4 is 11.1 Å². The van der Waals surface area contributed by atoms with Gasteiger partial charge in [-0.15, -0.1) is 0 Å². The molecule has 0 bridgehead atoms. The number of nitrogen functional groups attached to an aromatic ring is 1. The van der Waals surface area contributed by atoms with Gasteiger partial charge in [-0.05, 0) is 73.6 Å². The molecule has 1 aromatic carbocycles. The third-order valence-electron chi connectivity index (χ3n) is 6.51. The lowest BCUT2D eigenvalue weighted by molar-refractivity contribution is -0.137. The first-order chi connectivity index (χ1) is 17.2. The predicted octanol–water partition coefficient (Wildman–Crippen LogP) is 4.69. The fraction of sp³-hybridized carbons (Fsp3) is 0.280. The number of carbonyl (C=O) groups excluding carboxylic acids is 1. The molecule has 0 radical (unpaired) electrons. The molecule has 186 valence electrons. The van der Waals surface area contributed by atoms with E-state index >= 15 is 0 Å². The van der Waals surface area contributed by atoms with Crippen LogP contribution in [0.1, 0.15) is 53.1 Å². The molecule has 11 heteroatoms. The van der Waals surface area contributed by atoms with Crippen LogP contribution in [0.25, 0.3) is 16.7 Å². The summed E-state index contributed by atoms with van der Waals surface area (Å²) in [5, 5.41) is 12.3. The Labute approximate surface area is 204 Å². The van der Waals surface area contributed by atoms with Gasteiger partial charge in [0.05, 0.1) is 17.2 Å². The zero-order valence-corrected chi connectivity index (χ0v) is 19.0. The van der Waals surface area contributed by atoms with Crippen molar-refractivity contribution >= 4 is 28.6 Å². The summed E-state index contributed by atoms with van der Waals surface area (Å²) < 4.78 is 40.7. The van der Waals surface area contributed by atoms with E-state index < -0.39 is 17.6 Å². The van der Waals surface area contributed by atoms with E-state index in [1.807, 2.05) is 10.8 Å². The van der Waals surface area contributed by atoms with Crippen LogP contribution in [0.2, 0.25) is 0 Å². The first-order valence-corrected chi connectivity index (χ1v) is 11.4. The summed E-state index contributed by atoms with van der Waals surface area (Å²) in [4.78, 5) is 25.0. The third-order valence-corrected chi connectivity index (χ3v) is 6.51. The number of rotatable bonds is 4. The summed E-state index contributed by atoms with van der Waals surface area (Å²) in [5.41, 5.74) is 8.71. The maximum absolute atomic E-state index is 12.9. The van der Waals surface area contributed by atoms with E-state index in [2.05, 4.69) is 20.3 Å². The number of fused-ring (bicyclic) bond motifs is 1. The van der Waals surface area contributed by atoms with E-state index in [9.17, 15) is 23.1 Å². The molecule has 1 saturated carbocycles. The van der Waals surface area contributed by atoms with Crippen LogP contribution in [0.4, 0.5) is 24.8 Å². The minimum atomic E-state index is -4.54. The molecule has 4 aromatic rings. The summed E-state index contributed by atoms with van der Waals surface area (Å²) in [6.45, 7) is 0. The molecule has 3 heterocycles. The van der Waals surface area contributed by atoms with Crippen LogP contribution in [-0.4, -0.2) is 36.6 Å². The normalized spacial score (nSPS) is 18.3. The number of benzene rings is 1. The van der Waals surface area contributed by atoms with Gasteiger partial charge in [0.2, 0.25) is 0 Å². The number of aromatic nitrogens is 4. The SMILES string of the molecule is Nc1ncnc2c(C3CCC(O)CC3)cn(-c3ccc(C(=O)Nc4cc(C(F)(F)F)ccn4)cc3)c12. The fourth-order valence-electron chi connectivity index (χ4n) is 4.63. The van der Waals surface area contributed by atoms with Crippen molar-refractivity contribution in [3.63, 3.8) is 0 Å². The number of aliphatic hydroxyl groups excluding tert-OH is 1. The summed E-state index contributed by atoms with van der Waals surface area (Å²) in [6.07, 6.45) is 2.71. The number of hydrogen-bond donors (Lipinski definition) is 3. The van der Waals surface area contributed by atoms with Crippen LogP contribution in [-0.2, 0) is 6.18 Å². The number of pyridine rings is 1. The molecule has 1 fully saturated rings. The largest absolute Gasteiger partial charge is 0.416 e. The molecule has 4 N–H and O–H groups in total. The minimum absolute atomic E-state index is 0.192. The number of nitrogens with two attached hydrogens (primary N) is 1. The Morgan fingerprint density at radius 2 is 1.78 bits per heavy atom. The van der Waals surface area contributed by atoms with E-state index in [4.69, 9.17) is 5.73 Å². The van der Waals surface area contributed by atoms with Gasteiger partial charge in [0.25, 0.3) is 5.91 Å². The van der Waals surface area contributed by atoms with E-state index in [1.54, 1.807) is 24.3 Å². The Morgan fingerprint density at radius 3 is 2.47 bits per heavy atom. The number of carbonyl (C=O) groups is 1. The molecular weight excluding hydrogens is 473 g/mol. The topological polar surface area (TPSA) is 119 Å². The van der Waals surface area contributed by atoms with Gasteiger partial charge in [-0.1, -0.05) is 0 Å². The van der Waals surface area contributed by atoms with Crippen molar-refractivity contribution in [2.24, 2.45) is 0 Å². The Bertz CT molecular complexity index is 1410. The van der Waals surface area contributed by atoms with E-state index in [-0.39, 0.29) is 23.4 Å². The molecule has 1 amide bonds. The monoisotopic (exact) mass is 496 g/mol. The van der Waals surface area contributed by atoms with Gasteiger partial charge < -0.3 is 20.7 Å². The third kappa shape index (κ3) is 4.61. The van der Waals surface area contributed by atoms with Gasteiger partial charge in [0.15, 0.2) is 5.82 Å². The summed E-state index contributed by atoms with van der Waals surface area (Å²) in [5.74, 6) is -0.228. The fourth-order valence-corrected chi connectivity index (χ4v) is 4.63. The van der Waals surface area contributed by atoms with Gasteiger partial charge in [-0.25, -0.2) is 15.0 Å². The molecule has 8 nitrogen and oxygen atoms in total. The number of hydrogen-bond acceptors (Lipinski definition) is 6. The average molecular weight is 496 g/mol. The molecule has 36 heavy (non-hydrogen) atoms. The minimum Gasteiger partial charge on any atom is -0.393 e. The highest BCUT2D eigenvalue weighted by Gasteiger charge is 2.31. The molecule has 0 unspecified atom stereocenters. The summed E-state index contributed by atoms with van der Waals surface area (Å²) in [6, 6.07) is 8.20. The molecule has 1 aliphatic rings. The Balaban J connectivity index is 1.42. The smallest absolute Gasteiger partial charge is 0.393 e. The molecule has 0 saturated heterocycles. The highest BCUT2D eigenvalue weighted by Crippen LogP contribution is 2.38. The standard InChI is InChI=1S/C25H23F3N6O2/c26-25(27,28)16-9-10-30-20(11-16)33-24(36)15-1-5-17(6-2-15)34-12-19(14-3-7-18(35)8-4-14)21-22(34)23(29)32-13-31-21/h1-2,5-6,9-14,18,35H,3-4,7-8H2,(H2,29,31,32)(H,30,33,36). The molecule has 3 aromatic heterocycles. The second-order valence-corrected chi connectivity index (χ2v) is 8.84. The van der Waals surface area contributed by atoms with Gasteiger partial charge in [0.1, 0.15) is 17.7 Å². The molecule has 0 atom stereocenters. The lowest BCUT2D eigenvalue weighted by atomic mass is 9.83. The van der Waals surface area contributed by atoms with Crippen LogP contribution in [0.15, 0.2) is 55.1 Å². The van der Waals surface area contributed by atoms with Crippen molar-refractivity contribution in [2.75, 3.05) is 11.1 Å². The van der Waals surface area contributed by atoms with E-state index in [1.165, 1.54) is 6.33 Å². The van der Waals surface area contributed by atoms with Gasteiger partial charge in [-0.3, -0.25) is 4.79 Å². The number of amides is 1. The number of nitrogens with one attached hydrogen (secondary N) is 1. The zero-order chi connectivity index (χ0) is 25.4. The van der Waals surface area contributed by atoms with Crippen LogP contribution in [0.5, 0.6) is 0 Å². The lowest BCUT2D eigenvalue weighted by Gasteiger charge is -2.24. The lowest BCUT2D eigenvalue weighted by Crippen LogP contribution is -2.16. The number of aliphatic hydroxyl groups is 1. The summed E-state index contributed by atoms with van der Waals surface area (Å²) >= 11 is 0. The molecule has 5 rings (SSSR count). The van der Waals surface area contributed by atoms with Crippen molar-refractivity contribution in [1.82, 2.24) is 19.5 Å². The number of halogens is 3. The van der Waals surface area contributed by atoms with Crippen molar-refractivity contribution in [3.8, 4) is 5.69 Å². The quantitative estimate of drug-likeness (QED) is 0.377. The maximum Gasteiger partial charge on any atom is 0.416 e. The van der Waals surface area contributed by atoms with Gasteiger partial charge >= 0.3 is 6.18 Å². The van der Waals surface area contributed by atoms with Crippen LogP contribution in [0.3, 0.4) is 0 Å². The Hall–Kier alpha value is -3.99. The Kier molecular flexibility index (Phi) is 6.09. The molecule has 1 aliphatic carbocycles. The van der Waals surface area contributed by atoms with Gasteiger partial charge in [0, 0.05) is 23.6 Å². The predicted molar refractivity (Wildman–Crippen MR) is 128 cm³/mol. The highest BCUT2D eigenvalue weighted by molar-refractivity contribution is 6.04. The molecule has 0 aliphatic heterocycles. The molecular formula is C25H23F3N6O2. The number of anilines is 2. The van der Waals surface area contributed by atoms with Crippen molar-refractivity contribution in [3.05, 3.63) is 71.8 Å². The van der Waals surface area contributed by atoms with Crippen molar-refractivity contribution in [2.45, 2.75) is 43.9 Å². The summed E-state index contributed by atoms with van der Waals surface area (Å²) in [7, 11) is 0. The Morgan fingerprint density at radius 1 is 1.06 bits per heavy atom. The number of alkyl halides is 3. The van der Waals surface area contributed by atoms with Crippen molar-refractivity contribution in [1.29, 1.82) is 0 Å². The zero-order valence-electron chi connectivity index (χ0n) is 19.0. The first-order valence-electron chi connectivity index (χ1n) is 11.4. The second-order valence-electron chi connectivity index (χ2n) is 8.84.